The fourth-order valence-electron chi connectivity index (χ4n) is 1.98. The highest BCUT2D eigenvalue weighted by Gasteiger charge is 2.08. The maximum absolute atomic E-state index is 9.96. The zero-order valence-corrected chi connectivity index (χ0v) is 12.6. The second-order valence-electron chi connectivity index (χ2n) is 5.09. The van der Waals surface area contributed by atoms with Crippen LogP contribution < -0.4 is 10.1 Å². The number of nitrogens with zero attached hydrogens (tertiary/aromatic N) is 2. The first kappa shape index (κ1) is 15.3. The Bertz CT molecular complexity index is 582. The minimum atomic E-state index is -0.631. The summed E-state index contributed by atoms with van der Waals surface area (Å²) in [6.45, 7) is 6.37. The smallest absolute Gasteiger partial charge is 0.223 e. The SMILES string of the molecule is Cc1cc(C)nc(NC[C@@H](O)COc2ccccc2C)n1. The number of aromatic nitrogens is 2. The van der Waals surface area contributed by atoms with Gasteiger partial charge < -0.3 is 15.2 Å². The predicted molar refractivity (Wildman–Crippen MR) is 82.7 cm³/mol. The highest BCUT2D eigenvalue weighted by atomic mass is 16.5. The molecule has 1 atom stereocenters. The van der Waals surface area contributed by atoms with Gasteiger partial charge in [0, 0.05) is 17.9 Å². The lowest BCUT2D eigenvalue weighted by atomic mass is 10.2. The van der Waals surface area contributed by atoms with Gasteiger partial charge in [0.25, 0.3) is 0 Å². The fraction of sp³-hybridized carbons (Fsp3) is 0.375. The summed E-state index contributed by atoms with van der Waals surface area (Å²) >= 11 is 0. The molecular formula is C16H21N3O2. The van der Waals surface area contributed by atoms with Crippen molar-refractivity contribution in [3.05, 3.63) is 47.3 Å². The molecule has 1 aromatic heterocycles. The maximum atomic E-state index is 9.96. The number of aliphatic hydroxyl groups is 1. The minimum Gasteiger partial charge on any atom is -0.491 e. The van der Waals surface area contributed by atoms with Crippen LogP contribution in [0.4, 0.5) is 5.95 Å². The first-order valence-corrected chi connectivity index (χ1v) is 6.97. The first-order chi connectivity index (χ1) is 10.0. The average Bonchev–Trinajstić information content (AvgIpc) is 2.43. The van der Waals surface area contributed by atoms with Gasteiger partial charge in [0.1, 0.15) is 18.5 Å². The number of ether oxygens (including phenoxy) is 1. The summed E-state index contributed by atoms with van der Waals surface area (Å²) in [6, 6.07) is 9.64. The number of nitrogens with one attached hydrogen (secondary N) is 1. The zero-order chi connectivity index (χ0) is 15.2. The van der Waals surface area contributed by atoms with Crippen molar-refractivity contribution in [1.29, 1.82) is 0 Å². The van der Waals surface area contributed by atoms with E-state index in [0.717, 1.165) is 22.7 Å². The number of rotatable bonds is 6. The molecule has 2 rings (SSSR count). The molecule has 112 valence electrons. The molecule has 2 aromatic rings. The number of hydrogen-bond acceptors (Lipinski definition) is 5. The van der Waals surface area contributed by atoms with Gasteiger partial charge in [0.05, 0.1) is 0 Å². The molecule has 0 aliphatic rings. The third kappa shape index (κ3) is 4.72. The standard InChI is InChI=1S/C16H21N3O2/c1-11-6-4-5-7-15(11)21-10-14(20)9-17-16-18-12(2)8-13(3)19-16/h4-8,14,20H,9-10H2,1-3H3,(H,17,18,19)/t14-/m1/s1. The lowest BCUT2D eigenvalue weighted by Gasteiger charge is -2.14. The largest absolute Gasteiger partial charge is 0.491 e. The van der Waals surface area contributed by atoms with Crippen LogP contribution in [0, 0.1) is 20.8 Å². The lowest BCUT2D eigenvalue weighted by Crippen LogP contribution is -2.27. The lowest BCUT2D eigenvalue weighted by molar-refractivity contribution is 0.117. The van der Waals surface area contributed by atoms with E-state index in [-0.39, 0.29) is 6.61 Å². The van der Waals surface area contributed by atoms with Crippen molar-refractivity contribution in [2.45, 2.75) is 26.9 Å². The van der Waals surface area contributed by atoms with Gasteiger partial charge in [-0.25, -0.2) is 9.97 Å². The number of benzene rings is 1. The van der Waals surface area contributed by atoms with Crippen LogP contribution in [0.3, 0.4) is 0 Å². The Morgan fingerprint density at radius 3 is 2.48 bits per heavy atom. The van der Waals surface area contributed by atoms with E-state index in [2.05, 4.69) is 15.3 Å². The molecule has 0 unspecified atom stereocenters. The van der Waals surface area contributed by atoms with Gasteiger partial charge in [-0.3, -0.25) is 0 Å². The molecule has 0 saturated carbocycles. The topological polar surface area (TPSA) is 67.3 Å². The molecule has 21 heavy (non-hydrogen) atoms. The van der Waals surface area contributed by atoms with Crippen molar-refractivity contribution in [3.63, 3.8) is 0 Å². The molecule has 1 aromatic carbocycles. The van der Waals surface area contributed by atoms with Gasteiger partial charge in [-0.15, -0.1) is 0 Å². The van der Waals surface area contributed by atoms with Crippen molar-refractivity contribution in [1.82, 2.24) is 9.97 Å². The summed E-state index contributed by atoms with van der Waals surface area (Å²) in [6.07, 6.45) is -0.631. The summed E-state index contributed by atoms with van der Waals surface area (Å²) in [5.74, 6) is 1.32. The van der Waals surface area contributed by atoms with Gasteiger partial charge in [-0.2, -0.15) is 0 Å². The summed E-state index contributed by atoms with van der Waals surface area (Å²) in [5.41, 5.74) is 2.85. The Balaban J connectivity index is 1.82. The molecule has 1 heterocycles. The quantitative estimate of drug-likeness (QED) is 0.853. The van der Waals surface area contributed by atoms with Crippen LogP contribution in [-0.2, 0) is 0 Å². The third-order valence-electron chi connectivity index (χ3n) is 3.00. The molecule has 0 fully saturated rings. The molecule has 0 spiro atoms. The normalized spacial score (nSPS) is 12.0. The summed E-state index contributed by atoms with van der Waals surface area (Å²) in [7, 11) is 0. The van der Waals surface area contributed by atoms with Gasteiger partial charge in [0.2, 0.25) is 5.95 Å². The summed E-state index contributed by atoms with van der Waals surface area (Å²) in [5, 5.41) is 13.0. The van der Waals surface area contributed by atoms with Crippen molar-refractivity contribution in [3.8, 4) is 5.75 Å². The Labute approximate surface area is 125 Å². The minimum absolute atomic E-state index is 0.225. The molecule has 0 aliphatic carbocycles. The van der Waals surface area contributed by atoms with E-state index in [1.54, 1.807) is 0 Å². The highest BCUT2D eigenvalue weighted by Crippen LogP contribution is 2.16. The van der Waals surface area contributed by atoms with Gasteiger partial charge in [-0.1, -0.05) is 18.2 Å². The molecule has 0 bridgehead atoms. The highest BCUT2D eigenvalue weighted by molar-refractivity contribution is 5.32. The van der Waals surface area contributed by atoms with Crippen LogP contribution in [-0.4, -0.2) is 34.3 Å². The summed E-state index contributed by atoms with van der Waals surface area (Å²) < 4.78 is 5.60. The Kier molecular flexibility index (Phi) is 5.11. The van der Waals surface area contributed by atoms with Gasteiger partial charge in [-0.05, 0) is 38.5 Å². The van der Waals surface area contributed by atoms with Crippen molar-refractivity contribution >= 4 is 5.95 Å². The fourth-order valence-corrected chi connectivity index (χ4v) is 1.98. The molecule has 0 saturated heterocycles. The van der Waals surface area contributed by atoms with Gasteiger partial charge >= 0.3 is 0 Å². The Morgan fingerprint density at radius 1 is 1.14 bits per heavy atom. The molecule has 5 heteroatoms. The molecule has 0 radical (unpaired) electrons. The third-order valence-corrected chi connectivity index (χ3v) is 3.00. The molecule has 0 aliphatic heterocycles. The molecule has 5 nitrogen and oxygen atoms in total. The van der Waals surface area contributed by atoms with Gasteiger partial charge in [0.15, 0.2) is 0 Å². The number of para-hydroxylation sites is 1. The van der Waals surface area contributed by atoms with Crippen molar-refractivity contribution in [2.75, 3.05) is 18.5 Å². The zero-order valence-electron chi connectivity index (χ0n) is 12.6. The Hall–Kier alpha value is -2.14. The monoisotopic (exact) mass is 287 g/mol. The second kappa shape index (κ2) is 7.04. The number of anilines is 1. The van der Waals surface area contributed by atoms with E-state index in [4.69, 9.17) is 4.74 Å². The summed E-state index contributed by atoms with van der Waals surface area (Å²) in [4.78, 5) is 8.53. The van der Waals surface area contributed by atoms with E-state index in [0.29, 0.717) is 12.5 Å². The predicted octanol–water partition coefficient (Wildman–Crippen LogP) is 2.25. The molecule has 0 amide bonds. The van der Waals surface area contributed by atoms with Crippen molar-refractivity contribution in [2.24, 2.45) is 0 Å². The second-order valence-corrected chi connectivity index (χ2v) is 5.09. The van der Waals surface area contributed by atoms with E-state index in [1.807, 2.05) is 51.1 Å². The number of hydrogen-bond donors (Lipinski definition) is 2. The maximum Gasteiger partial charge on any atom is 0.223 e. The first-order valence-electron chi connectivity index (χ1n) is 6.97. The number of aryl methyl sites for hydroxylation is 3. The van der Waals surface area contributed by atoms with Crippen LogP contribution in [0.1, 0.15) is 17.0 Å². The Morgan fingerprint density at radius 2 is 1.81 bits per heavy atom. The van der Waals surface area contributed by atoms with Crippen LogP contribution in [0.15, 0.2) is 30.3 Å². The van der Waals surface area contributed by atoms with E-state index < -0.39 is 6.10 Å². The van der Waals surface area contributed by atoms with E-state index in [9.17, 15) is 5.11 Å². The van der Waals surface area contributed by atoms with E-state index >= 15 is 0 Å². The molecular weight excluding hydrogens is 266 g/mol. The number of aliphatic hydroxyl groups excluding tert-OH is 1. The van der Waals surface area contributed by atoms with E-state index in [1.165, 1.54) is 0 Å². The van der Waals surface area contributed by atoms with Crippen LogP contribution in [0.5, 0.6) is 5.75 Å². The van der Waals surface area contributed by atoms with Crippen LogP contribution in [0.2, 0.25) is 0 Å². The van der Waals surface area contributed by atoms with Crippen LogP contribution in [0.25, 0.3) is 0 Å². The van der Waals surface area contributed by atoms with Crippen LogP contribution >= 0.6 is 0 Å². The van der Waals surface area contributed by atoms with Crippen molar-refractivity contribution < 1.29 is 9.84 Å². The molecule has 2 N–H and O–H groups in total. The average molecular weight is 287 g/mol.